The maximum absolute atomic E-state index is 6.57. The van der Waals surface area contributed by atoms with E-state index in [1.807, 2.05) is 36.4 Å². The van der Waals surface area contributed by atoms with Crippen LogP contribution >= 0.6 is 0 Å². The Bertz CT molecular complexity index is 2960. The van der Waals surface area contributed by atoms with E-state index in [9.17, 15) is 0 Å². The van der Waals surface area contributed by atoms with Crippen molar-refractivity contribution in [1.82, 2.24) is 15.4 Å². The number of rotatable bonds is 7. The van der Waals surface area contributed by atoms with Crippen molar-refractivity contribution in [2.75, 3.05) is 0 Å². The van der Waals surface area contributed by atoms with Crippen LogP contribution in [0.5, 0.6) is 0 Å². The SMILES string of the molecule is c1ccc(-c2ccccc2-c2cccc(-c3c(-c4ccccc4)ccc4oc5ccccc5c34)c2-c2nnnc(-c3ccccc3)c2-c2ccccc2)cc1. The van der Waals surface area contributed by atoms with Gasteiger partial charge in [0.05, 0.1) is 0 Å². The fraction of sp³-hybridized carbons (Fsp3) is 0. The second-order valence-electron chi connectivity index (χ2n) is 13.6. The molecule has 0 aliphatic heterocycles. The second-order valence-corrected chi connectivity index (χ2v) is 13.6. The molecular weight excluding hydrogens is 671 g/mol. The number of hydrogen-bond acceptors (Lipinski definition) is 4. The molecule has 0 N–H and O–H groups in total. The van der Waals surface area contributed by atoms with Crippen molar-refractivity contribution in [2.24, 2.45) is 0 Å². The maximum Gasteiger partial charge on any atom is 0.136 e. The molecule has 0 saturated heterocycles. The van der Waals surface area contributed by atoms with E-state index in [2.05, 4.69) is 169 Å². The molecule has 0 unspecified atom stereocenters. The quantitative estimate of drug-likeness (QED) is 0.166. The fourth-order valence-electron chi connectivity index (χ4n) is 7.96. The summed E-state index contributed by atoms with van der Waals surface area (Å²) >= 11 is 0. The van der Waals surface area contributed by atoms with Crippen LogP contribution in [0.2, 0.25) is 0 Å². The van der Waals surface area contributed by atoms with Crippen LogP contribution in [0.15, 0.2) is 205 Å². The normalized spacial score (nSPS) is 11.3. The maximum atomic E-state index is 6.57. The Kier molecular flexibility index (Phi) is 8.12. The zero-order valence-corrected chi connectivity index (χ0v) is 29.8. The molecule has 10 rings (SSSR count). The zero-order chi connectivity index (χ0) is 36.6. The average Bonchev–Trinajstić information content (AvgIpc) is 3.66. The van der Waals surface area contributed by atoms with E-state index in [-0.39, 0.29) is 0 Å². The van der Waals surface area contributed by atoms with E-state index in [1.165, 1.54) is 0 Å². The molecular formula is C51H33N3O. The molecule has 0 radical (unpaired) electrons. The molecule has 10 aromatic rings. The van der Waals surface area contributed by atoms with Crippen molar-refractivity contribution in [3.8, 4) is 78.1 Å². The first-order valence-electron chi connectivity index (χ1n) is 18.5. The van der Waals surface area contributed by atoms with Gasteiger partial charge in [-0.1, -0.05) is 188 Å². The number of hydrogen-bond donors (Lipinski definition) is 0. The highest BCUT2D eigenvalue weighted by Crippen LogP contribution is 2.51. The molecule has 258 valence electrons. The van der Waals surface area contributed by atoms with Gasteiger partial charge in [0.2, 0.25) is 0 Å². The Morgan fingerprint density at radius 2 is 0.818 bits per heavy atom. The smallest absolute Gasteiger partial charge is 0.136 e. The summed E-state index contributed by atoms with van der Waals surface area (Å²) in [7, 11) is 0. The topological polar surface area (TPSA) is 51.8 Å². The van der Waals surface area contributed by atoms with Crippen LogP contribution in [0.4, 0.5) is 0 Å². The number of benzene rings is 8. The molecule has 8 aromatic carbocycles. The molecule has 55 heavy (non-hydrogen) atoms. The Hall–Kier alpha value is -7.43. The molecule has 2 heterocycles. The van der Waals surface area contributed by atoms with Gasteiger partial charge in [-0.25, -0.2) is 0 Å². The lowest BCUT2D eigenvalue weighted by atomic mass is 9.81. The lowest BCUT2D eigenvalue weighted by molar-refractivity contribution is 0.669. The Morgan fingerprint density at radius 3 is 1.53 bits per heavy atom. The first-order chi connectivity index (χ1) is 27.3. The number of nitrogens with zero attached hydrogens (tertiary/aromatic N) is 3. The Morgan fingerprint density at radius 1 is 0.291 bits per heavy atom. The highest BCUT2D eigenvalue weighted by molar-refractivity contribution is 6.18. The van der Waals surface area contributed by atoms with Gasteiger partial charge in [0.15, 0.2) is 0 Å². The average molecular weight is 704 g/mol. The standard InChI is InChI=1S/C51H33N3O/c1-5-18-34(19-6-1)38-26-13-14-27-40(38)41-29-17-30-43(47-39(35-20-7-2-8-21-35)32-33-45-49(47)42-28-15-16-31-44(42)55-45)48(41)51-46(36-22-9-3-10-23-36)50(52-54-53-51)37-24-11-4-12-25-37/h1-33H. The van der Waals surface area contributed by atoms with Crippen LogP contribution in [0.3, 0.4) is 0 Å². The molecule has 0 atom stereocenters. The summed E-state index contributed by atoms with van der Waals surface area (Å²) in [6.07, 6.45) is 0. The Balaban J connectivity index is 1.40. The highest BCUT2D eigenvalue weighted by Gasteiger charge is 2.27. The molecule has 0 bridgehead atoms. The van der Waals surface area contributed by atoms with Crippen LogP contribution in [-0.2, 0) is 0 Å². The third-order valence-electron chi connectivity index (χ3n) is 10.4. The largest absolute Gasteiger partial charge is 0.456 e. The molecule has 0 saturated carbocycles. The van der Waals surface area contributed by atoms with Gasteiger partial charge in [0.1, 0.15) is 22.6 Å². The molecule has 0 fully saturated rings. The van der Waals surface area contributed by atoms with Crippen LogP contribution < -0.4 is 0 Å². The molecule has 2 aromatic heterocycles. The first kappa shape index (κ1) is 32.2. The predicted octanol–water partition coefficient (Wildman–Crippen LogP) is 13.4. The number of furan rings is 1. The second kappa shape index (κ2) is 13.8. The van der Waals surface area contributed by atoms with Crippen molar-refractivity contribution in [1.29, 1.82) is 0 Å². The van der Waals surface area contributed by atoms with E-state index in [0.29, 0.717) is 0 Å². The monoisotopic (exact) mass is 703 g/mol. The zero-order valence-electron chi connectivity index (χ0n) is 29.8. The van der Waals surface area contributed by atoms with Crippen molar-refractivity contribution in [3.63, 3.8) is 0 Å². The van der Waals surface area contributed by atoms with Gasteiger partial charge in [0.25, 0.3) is 0 Å². The summed E-state index contributed by atoms with van der Waals surface area (Å²) in [6.45, 7) is 0. The van der Waals surface area contributed by atoms with Crippen molar-refractivity contribution in [2.45, 2.75) is 0 Å². The van der Waals surface area contributed by atoms with Gasteiger partial charge in [-0.15, -0.1) is 10.2 Å². The van der Waals surface area contributed by atoms with E-state index in [4.69, 9.17) is 14.6 Å². The van der Waals surface area contributed by atoms with Crippen molar-refractivity contribution < 1.29 is 4.42 Å². The summed E-state index contributed by atoms with van der Waals surface area (Å²) in [4.78, 5) is 0. The van der Waals surface area contributed by atoms with Crippen molar-refractivity contribution >= 4 is 21.9 Å². The number of aromatic nitrogens is 3. The molecule has 0 aliphatic carbocycles. The fourth-order valence-corrected chi connectivity index (χ4v) is 7.96. The van der Waals surface area contributed by atoms with Crippen molar-refractivity contribution in [3.05, 3.63) is 200 Å². The summed E-state index contributed by atoms with van der Waals surface area (Å²) in [5.41, 5.74) is 15.7. The molecule has 0 amide bonds. The van der Waals surface area contributed by atoms with Crippen LogP contribution in [0.25, 0.3) is 100 Å². The van der Waals surface area contributed by atoms with Gasteiger partial charge in [-0.2, -0.15) is 0 Å². The van der Waals surface area contributed by atoms with Gasteiger partial charge in [-0.3, -0.25) is 0 Å². The first-order valence-corrected chi connectivity index (χ1v) is 18.5. The van der Waals surface area contributed by atoms with Crippen LogP contribution in [0.1, 0.15) is 0 Å². The minimum Gasteiger partial charge on any atom is -0.456 e. The Labute approximate surface area is 319 Å². The minimum absolute atomic E-state index is 0.748. The highest BCUT2D eigenvalue weighted by atomic mass is 16.3. The molecule has 4 heteroatoms. The number of para-hydroxylation sites is 1. The molecule has 0 spiro atoms. The van der Waals surface area contributed by atoms with E-state index in [1.54, 1.807) is 0 Å². The van der Waals surface area contributed by atoms with Gasteiger partial charge >= 0.3 is 0 Å². The summed E-state index contributed by atoms with van der Waals surface area (Å²) in [6, 6.07) is 69.8. The summed E-state index contributed by atoms with van der Waals surface area (Å²) in [5.74, 6) is 0. The van der Waals surface area contributed by atoms with Crippen LogP contribution in [0, 0.1) is 0 Å². The van der Waals surface area contributed by atoms with Gasteiger partial charge in [-0.05, 0) is 61.9 Å². The number of fused-ring (bicyclic) bond motifs is 3. The van der Waals surface area contributed by atoms with E-state index < -0.39 is 0 Å². The van der Waals surface area contributed by atoms with Gasteiger partial charge in [0, 0.05) is 33.0 Å². The van der Waals surface area contributed by atoms with E-state index >= 15 is 0 Å². The van der Waals surface area contributed by atoms with Gasteiger partial charge < -0.3 is 4.42 Å². The lowest BCUT2D eigenvalue weighted by Crippen LogP contribution is -2.03. The lowest BCUT2D eigenvalue weighted by Gasteiger charge is -2.22. The summed E-state index contributed by atoms with van der Waals surface area (Å²) in [5, 5.41) is 16.4. The van der Waals surface area contributed by atoms with Crippen LogP contribution in [-0.4, -0.2) is 15.4 Å². The summed E-state index contributed by atoms with van der Waals surface area (Å²) < 4.78 is 6.57. The third-order valence-corrected chi connectivity index (χ3v) is 10.4. The van der Waals surface area contributed by atoms with E-state index in [0.717, 1.165) is 100 Å². The molecule has 4 nitrogen and oxygen atoms in total. The third kappa shape index (κ3) is 5.68. The minimum atomic E-state index is 0.748. The molecule has 0 aliphatic rings. The predicted molar refractivity (Wildman–Crippen MR) is 225 cm³/mol.